The normalized spacial score (nSPS) is 13.7. The zero-order valence-corrected chi connectivity index (χ0v) is 6.61. The summed E-state index contributed by atoms with van der Waals surface area (Å²) in [5.74, 6) is 0. The van der Waals surface area contributed by atoms with Gasteiger partial charge in [-0.05, 0) is 26.8 Å². The molecular formula is C7H17NO. The van der Waals surface area contributed by atoms with E-state index in [2.05, 4.69) is 12.2 Å². The molecule has 0 saturated carbocycles. The first-order chi connectivity index (χ1) is 4.31. The van der Waals surface area contributed by atoms with Gasteiger partial charge >= 0.3 is 0 Å². The molecule has 0 aromatic carbocycles. The molecule has 2 nitrogen and oxygen atoms in total. The molecule has 0 bridgehead atoms. The molecule has 0 amide bonds. The average molecular weight is 131 g/mol. The molecule has 56 valence electrons. The summed E-state index contributed by atoms with van der Waals surface area (Å²) in [4.78, 5) is 0. The first kappa shape index (κ1) is 8.92. The average Bonchev–Trinajstić information content (AvgIpc) is 1.89. The summed E-state index contributed by atoms with van der Waals surface area (Å²) in [6, 6.07) is 0.625. The van der Waals surface area contributed by atoms with Crippen molar-refractivity contribution in [3.8, 4) is 0 Å². The van der Waals surface area contributed by atoms with Gasteiger partial charge in [-0.1, -0.05) is 0 Å². The van der Waals surface area contributed by atoms with Gasteiger partial charge in [-0.2, -0.15) is 0 Å². The highest BCUT2D eigenvalue weighted by molar-refractivity contribution is 4.55. The molecule has 0 aromatic heterocycles. The molecule has 0 spiro atoms. The lowest BCUT2D eigenvalue weighted by Gasteiger charge is -2.07. The molecule has 0 aliphatic rings. The highest BCUT2D eigenvalue weighted by Crippen LogP contribution is 1.94. The van der Waals surface area contributed by atoms with Crippen LogP contribution < -0.4 is 5.32 Å². The Kier molecular flexibility index (Phi) is 5.99. The van der Waals surface area contributed by atoms with Gasteiger partial charge in [-0.15, -0.1) is 0 Å². The van der Waals surface area contributed by atoms with Crippen LogP contribution in [0, 0.1) is 0 Å². The van der Waals surface area contributed by atoms with Gasteiger partial charge in [0.05, 0.1) is 0 Å². The molecule has 0 heterocycles. The molecule has 0 aliphatic carbocycles. The van der Waals surface area contributed by atoms with Crippen LogP contribution >= 0.6 is 0 Å². The molecule has 0 aromatic rings. The van der Waals surface area contributed by atoms with E-state index in [-0.39, 0.29) is 0 Å². The fraction of sp³-hybridized carbons (Fsp3) is 1.00. The number of nitrogens with one attached hydrogen (secondary N) is 1. The minimum absolute atomic E-state index is 0.625. The maximum absolute atomic E-state index is 4.91. The molecular weight excluding hydrogens is 114 g/mol. The van der Waals surface area contributed by atoms with Crippen LogP contribution in [0.15, 0.2) is 0 Å². The lowest BCUT2D eigenvalue weighted by molar-refractivity contribution is 0.190. The van der Waals surface area contributed by atoms with Crippen molar-refractivity contribution in [1.82, 2.24) is 5.32 Å². The number of rotatable bonds is 5. The Bertz CT molecular complexity index is 56.9. The summed E-state index contributed by atoms with van der Waals surface area (Å²) in [5, 5.41) is 3.17. The number of hydrogen-bond donors (Lipinski definition) is 1. The molecule has 0 fully saturated rings. The molecule has 1 atom stereocenters. The van der Waals surface area contributed by atoms with Crippen molar-refractivity contribution in [1.29, 1.82) is 0 Å². The SMILES string of the molecule is CNC(C)CCCOC. The van der Waals surface area contributed by atoms with Crippen molar-refractivity contribution in [3.05, 3.63) is 0 Å². The first-order valence-electron chi connectivity index (χ1n) is 3.47. The quantitative estimate of drug-likeness (QED) is 0.562. The molecule has 9 heavy (non-hydrogen) atoms. The van der Waals surface area contributed by atoms with E-state index < -0.39 is 0 Å². The smallest absolute Gasteiger partial charge is 0.0462 e. The van der Waals surface area contributed by atoms with Crippen LogP contribution in [0.1, 0.15) is 19.8 Å². The number of methoxy groups -OCH3 is 1. The standard InChI is InChI=1S/C7H17NO/c1-7(8-2)5-4-6-9-3/h7-8H,4-6H2,1-3H3. The predicted molar refractivity (Wildman–Crippen MR) is 39.6 cm³/mol. The van der Waals surface area contributed by atoms with Crippen LogP contribution in [0.5, 0.6) is 0 Å². The minimum atomic E-state index is 0.625. The summed E-state index contributed by atoms with van der Waals surface area (Å²) >= 11 is 0. The summed E-state index contributed by atoms with van der Waals surface area (Å²) in [6.07, 6.45) is 2.35. The third kappa shape index (κ3) is 5.80. The molecule has 0 aliphatic heterocycles. The monoisotopic (exact) mass is 131 g/mol. The third-order valence-corrected chi connectivity index (χ3v) is 1.48. The summed E-state index contributed by atoms with van der Waals surface area (Å²) in [6.45, 7) is 3.06. The second kappa shape index (κ2) is 6.05. The highest BCUT2D eigenvalue weighted by atomic mass is 16.5. The maximum atomic E-state index is 4.91. The summed E-state index contributed by atoms with van der Waals surface area (Å²) < 4.78 is 4.91. The van der Waals surface area contributed by atoms with E-state index in [9.17, 15) is 0 Å². The van der Waals surface area contributed by atoms with Gasteiger partial charge in [0.15, 0.2) is 0 Å². The molecule has 0 radical (unpaired) electrons. The van der Waals surface area contributed by atoms with Crippen LogP contribution in [0.25, 0.3) is 0 Å². The zero-order valence-electron chi connectivity index (χ0n) is 6.61. The fourth-order valence-corrected chi connectivity index (χ4v) is 0.678. The van der Waals surface area contributed by atoms with Crippen molar-refractivity contribution >= 4 is 0 Å². The molecule has 1 unspecified atom stereocenters. The molecule has 1 N–H and O–H groups in total. The van der Waals surface area contributed by atoms with E-state index in [0.717, 1.165) is 13.0 Å². The Morgan fingerprint density at radius 1 is 1.56 bits per heavy atom. The van der Waals surface area contributed by atoms with Gasteiger partial charge in [-0.3, -0.25) is 0 Å². The van der Waals surface area contributed by atoms with Gasteiger partial charge in [0.25, 0.3) is 0 Å². The van der Waals surface area contributed by atoms with E-state index in [1.165, 1.54) is 6.42 Å². The van der Waals surface area contributed by atoms with Crippen molar-refractivity contribution < 1.29 is 4.74 Å². The largest absolute Gasteiger partial charge is 0.385 e. The summed E-state index contributed by atoms with van der Waals surface area (Å²) in [5.41, 5.74) is 0. The van der Waals surface area contributed by atoms with Gasteiger partial charge in [0.2, 0.25) is 0 Å². The molecule has 0 rings (SSSR count). The lowest BCUT2D eigenvalue weighted by Crippen LogP contribution is -2.21. The van der Waals surface area contributed by atoms with Gasteiger partial charge in [-0.25, -0.2) is 0 Å². The topological polar surface area (TPSA) is 21.3 Å². The second-order valence-corrected chi connectivity index (χ2v) is 2.32. The van der Waals surface area contributed by atoms with Gasteiger partial charge in [0.1, 0.15) is 0 Å². The van der Waals surface area contributed by atoms with E-state index in [1.54, 1.807) is 7.11 Å². The van der Waals surface area contributed by atoms with Crippen molar-refractivity contribution in [2.24, 2.45) is 0 Å². The first-order valence-corrected chi connectivity index (χ1v) is 3.47. The highest BCUT2D eigenvalue weighted by Gasteiger charge is 1.95. The van der Waals surface area contributed by atoms with Gasteiger partial charge < -0.3 is 10.1 Å². The van der Waals surface area contributed by atoms with Crippen LogP contribution in [0.4, 0.5) is 0 Å². The van der Waals surface area contributed by atoms with Crippen LogP contribution in [-0.4, -0.2) is 26.8 Å². The molecule has 2 heteroatoms. The Balaban J connectivity index is 2.88. The van der Waals surface area contributed by atoms with E-state index >= 15 is 0 Å². The summed E-state index contributed by atoms with van der Waals surface area (Å²) in [7, 11) is 3.72. The van der Waals surface area contributed by atoms with Crippen molar-refractivity contribution in [2.75, 3.05) is 20.8 Å². The zero-order chi connectivity index (χ0) is 7.11. The molecule has 0 saturated heterocycles. The van der Waals surface area contributed by atoms with Crippen LogP contribution in [-0.2, 0) is 4.74 Å². The van der Waals surface area contributed by atoms with Crippen molar-refractivity contribution in [2.45, 2.75) is 25.8 Å². The van der Waals surface area contributed by atoms with Crippen LogP contribution in [0.2, 0.25) is 0 Å². The van der Waals surface area contributed by atoms with Gasteiger partial charge in [0, 0.05) is 19.8 Å². The number of ether oxygens (including phenoxy) is 1. The third-order valence-electron chi connectivity index (χ3n) is 1.48. The van der Waals surface area contributed by atoms with Crippen molar-refractivity contribution in [3.63, 3.8) is 0 Å². The fourth-order valence-electron chi connectivity index (χ4n) is 0.678. The second-order valence-electron chi connectivity index (χ2n) is 2.32. The Hall–Kier alpha value is -0.0800. The predicted octanol–water partition coefficient (Wildman–Crippen LogP) is 1.02. The Morgan fingerprint density at radius 3 is 2.67 bits per heavy atom. The minimum Gasteiger partial charge on any atom is -0.385 e. The lowest BCUT2D eigenvalue weighted by atomic mass is 10.2. The van der Waals surface area contributed by atoms with E-state index in [0.29, 0.717) is 6.04 Å². The van der Waals surface area contributed by atoms with Crippen LogP contribution in [0.3, 0.4) is 0 Å². The van der Waals surface area contributed by atoms with E-state index in [4.69, 9.17) is 4.74 Å². The Morgan fingerprint density at radius 2 is 2.22 bits per heavy atom. The Labute approximate surface area is 57.6 Å². The maximum Gasteiger partial charge on any atom is 0.0462 e. The number of hydrogen-bond acceptors (Lipinski definition) is 2. The van der Waals surface area contributed by atoms with E-state index in [1.807, 2.05) is 7.05 Å².